The third-order valence-electron chi connectivity index (χ3n) is 1.76. The SMILES string of the molecule is FC(F)(F)Cc1ccnc(-c2[c]c[nH]n2)n1. The van der Waals surface area contributed by atoms with Gasteiger partial charge in [0.2, 0.25) is 0 Å². The van der Waals surface area contributed by atoms with Crippen molar-refractivity contribution in [3.63, 3.8) is 0 Å². The summed E-state index contributed by atoms with van der Waals surface area (Å²) in [4.78, 5) is 7.58. The Bertz CT molecular complexity index is 464. The van der Waals surface area contributed by atoms with E-state index in [9.17, 15) is 13.2 Å². The van der Waals surface area contributed by atoms with Gasteiger partial charge in [-0.15, -0.1) is 0 Å². The normalized spacial score (nSPS) is 11.7. The Balaban J connectivity index is 2.27. The van der Waals surface area contributed by atoms with Crippen molar-refractivity contribution in [2.24, 2.45) is 0 Å². The van der Waals surface area contributed by atoms with E-state index in [1.807, 2.05) is 0 Å². The summed E-state index contributed by atoms with van der Waals surface area (Å²) in [6.07, 6.45) is -2.66. The van der Waals surface area contributed by atoms with Crippen LogP contribution >= 0.6 is 0 Å². The Morgan fingerprint density at radius 2 is 2.19 bits per heavy atom. The standard InChI is InChI=1S/C9H6F3N4/c10-9(11,12)5-6-1-3-13-8(15-6)7-2-4-14-16-7/h1,3-4H,5H2,(H,14,16). The van der Waals surface area contributed by atoms with Gasteiger partial charge in [0, 0.05) is 18.5 Å². The van der Waals surface area contributed by atoms with Crippen LogP contribution in [0.2, 0.25) is 0 Å². The maximum Gasteiger partial charge on any atom is 0.394 e. The summed E-state index contributed by atoms with van der Waals surface area (Å²) in [5.74, 6) is 0.128. The van der Waals surface area contributed by atoms with Gasteiger partial charge in [0.15, 0.2) is 5.82 Å². The van der Waals surface area contributed by atoms with Crippen LogP contribution in [0.4, 0.5) is 13.2 Å². The van der Waals surface area contributed by atoms with Crippen LogP contribution in [-0.4, -0.2) is 26.3 Å². The van der Waals surface area contributed by atoms with E-state index in [0.717, 1.165) is 0 Å². The van der Waals surface area contributed by atoms with Gasteiger partial charge in [0.05, 0.1) is 12.1 Å². The van der Waals surface area contributed by atoms with Crippen LogP contribution in [0.1, 0.15) is 5.69 Å². The van der Waals surface area contributed by atoms with Crippen molar-refractivity contribution >= 4 is 0 Å². The number of aromatic amines is 1. The fourth-order valence-electron chi connectivity index (χ4n) is 1.16. The van der Waals surface area contributed by atoms with E-state index in [2.05, 4.69) is 26.2 Å². The molecular formula is C9H6F3N4. The lowest BCUT2D eigenvalue weighted by Crippen LogP contribution is -2.13. The molecule has 0 fully saturated rings. The molecule has 0 spiro atoms. The molecular weight excluding hydrogens is 221 g/mol. The average molecular weight is 227 g/mol. The minimum atomic E-state index is -4.28. The molecule has 0 aliphatic rings. The predicted molar refractivity (Wildman–Crippen MR) is 48.2 cm³/mol. The number of rotatable bonds is 2. The highest BCUT2D eigenvalue weighted by Gasteiger charge is 2.28. The van der Waals surface area contributed by atoms with E-state index in [1.54, 1.807) is 0 Å². The second kappa shape index (κ2) is 3.92. The Hall–Kier alpha value is -1.92. The molecule has 1 N–H and O–H groups in total. The van der Waals surface area contributed by atoms with Crippen LogP contribution in [0.25, 0.3) is 11.5 Å². The van der Waals surface area contributed by atoms with Gasteiger partial charge in [-0.3, -0.25) is 5.10 Å². The molecule has 2 aromatic rings. The molecule has 83 valence electrons. The molecule has 0 atom stereocenters. The zero-order chi connectivity index (χ0) is 11.6. The van der Waals surface area contributed by atoms with E-state index in [0.29, 0.717) is 5.69 Å². The molecule has 7 heteroatoms. The smallest absolute Gasteiger partial charge is 0.284 e. The number of nitrogens with one attached hydrogen (secondary N) is 1. The summed E-state index contributed by atoms with van der Waals surface area (Å²) in [6, 6.07) is 3.90. The summed E-state index contributed by atoms with van der Waals surface area (Å²) < 4.78 is 36.4. The molecule has 0 aromatic carbocycles. The highest BCUT2D eigenvalue weighted by molar-refractivity contribution is 5.46. The second-order valence-corrected chi connectivity index (χ2v) is 3.04. The zero-order valence-electron chi connectivity index (χ0n) is 7.91. The Morgan fingerprint density at radius 1 is 1.38 bits per heavy atom. The molecule has 2 aromatic heterocycles. The molecule has 0 aliphatic heterocycles. The molecule has 2 heterocycles. The van der Waals surface area contributed by atoms with Crippen molar-refractivity contribution in [2.45, 2.75) is 12.6 Å². The molecule has 0 amide bonds. The Morgan fingerprint density at radius 3 is 2.81 bits per heavy atom. The van der Waals surface area contributed by atoms with Crippen LogP contribution in [-0.2, 0) is 6.42 Å². The molecule has 16 heavy (non-hydrogen) atoms. The van der Waals surface area contributed by atoms with Gasteiger partial charge in [0.1, 0.15) is 5.69 Å². The van der Waals surface area contributed by atoms with Gasteiger partial charge in [0.25, 0.3) is 0 Å². The summed E-state index contributed by atoms with van der Waals surface area (Å²) in [5, 5.41) is 6.23. The number of hydrogen-bond donors (Lipinski definition) is 1. The van der Waals surface area contributed by atoms with E-state index in [4.69, 9.17) is 0 Å². The lowest BCUT2D eigenvalue weighted by molar-refractivity contribution is -0.127. The average Bonchev–Trinajstić information content (AvgIpc) is 2.68. The maximum atomic E-state index is 12.1. The third kappa shape index (κ3) is 2.56. The fraction of sp³-hybridized carbons (Fsp3) is 0.222. The fourth-order valence-corrected chi connectivity index (χ4v) is 1.16. The first-order chi connectivity index (χ1) is 7.54. The first-order valence-electron chi connectivity index (χ1n) is 4.35. The van der Waals surface area contributed by atoms with Crippen molar-refractivity contribution in [1.29, 1.82) is 0 Å². The molecule has 0 saturated heterocycles. The summed E-state index contributed by atoms with van der Waals surface area (Å²) in [6.45, 7) is 0. The molecule has 0 unspecified atom stereocenters. The van der Waals surface area contributed by atoms with E-state index < -0.39 is 12.6 Å². The Kier molecular flexibility index (Phi) is 2.59. The maximum absolute atomic E-state index is 12.1. The first kappa shape index (κ1) is 10.6. The van der Waals surface area contributed by atoms with Crippen molar-refractivity contribution in [3.05, 3.63) is 30.2 Å². The van der Waals surface area contributed by atoms with Crippen LogP contribution in [0.15, 0.2) is 18.5 Å². The third-order valence-corrected chi connectivity index (χ3v) is 1.76. The summed E-state index contributed by atoms with van der Waals surface area (Å²) in [7, 11) is 0. The lowest BCUT2D eigenvalue weighted by atomic mass is 10.3. The minimum Gasteiger partial charge on any atom is -0.284 e. The number of aromatic nitrogens is 4. The number of H-pyrrole nitrogens is 1. The predicted octanol–water partition coefficient (Wildman–Crippen LogP) is 1.77. The van der Waals surface area contributed by atoms with Gasteiger partial charge in [-0.1, -0.05) is 0 Å². The topological polar surface area (TPSA) is 54.5 Å². The van der Waals surface area contributed by atoms with Gasteiger partial charge < -0.3 is 0 Å². The van der Waals surface area contributed by atoms with Gasteiger partial charge in [-0.2, -0.15) is 18.3 Å². The highest BCUT2D eigenvalue weighted by Crippen LogP contribution is 2.20. The van der Waals surface area contributed by atoms with E-state index in [-0.39, 0.29) is 11.5 Å². The van der Waals surface area contributed by atoms with E-state index in [1.165, 1.54) is 18.5 Å². The highest BCUT2D eigenvalue weighted by atomic mass is 19.4. The van der Waals surface area contributed by atoms with Crippen molar-refractivity contribution < 1.29 is 13.2 Å². The Labute approximate surface area is 88.6 Å². The number of nitrogens with zero attached hydrogens (tertiary/aromatic N) is 3. The quantitative estimate of drug-likeness (QED) is 0.850. The monoisotopic (exact) mass is 227 g/mol. The number of halogens is 3. The van der Waals surface area contributed by atoms with Crippen molar-refractivity contribution in [1.82, 2.24) is 20.2 Å². The summed E-state index contributed by atoms with van der Waals surface area (Å²) >= 11 is 0. The molecule has 1 radical (unpaired) electrons. The first-order valence-corrected chi connectivity index (χ1v) is 4.35. The molecule has 0 saturated carbocycles. The van der Waals surface area contributed by atoms with E-state index >= 15 is 0 Å². The van der Waals surface area contributed by atoms with Crippen molar-refractivity contribution in [3.8, 4) is 11.5 Å². The molecule has 4 nitrogen and oxygen atoms in total. The van der Waals surface area contributed by atoms with Crippen LogP contribution < -0.4 is 0 Å². The van der Waals surface area contributed by atoms with Crippen LogP contribution in [0.5, 0.6) is 0 Å². The number of hydrogen-bond acceptors (Lipinski definition) is 3. The van der Waals surface area contributed by atoms with Crippen LogP contribution in [0.3, 0.4) is 0 Å². The lowest BCUT2D eigenvalue weighted by Gasteiger charge is -2.05. The second-order valence-electron chi connectivity index (χ2n) is 3.04. The van der Waals surface area contributed by atoms with Gasteiger partial charge in [-0.05, 0) is 6.07 Å². The van der Waals surface area contributed by atoms with Crippen LogP contribution in [0, 0.1) is 6.07 Å². The molecule has 2 rings (SSSR count). The number of alkyl halides is 3. The summed E-state index contributed by atoms with van der Waals surface area (Å²) in [5.41, 5.74) is 0.206. The molecule has 0 aliphatic carbocycles. The largest absolute Gasteiger partial charge is 0.394 e. The van der Waals surface area contributed by atoms with Gasteiger partial charge >= 0.3 is 6.18 Å². The van der Waals surface area contributed by atoms with Crippen molar-refractivity contribution in [2.75, 3.05) is 0 Å². The molecule has 0 bridgehead atoms. The zero-order valence-corrected chi connectivity index (χ0v) is 7.91. The van der Waals surface area contributed by atoms with Gasteiger partial charge in [-0.25, -0.2) is 9.97 Å². The minimum absolute atomic E-state index is 0.0890.